The molecule has 0 heteroatoms. The van der Waals surface area contributed by atoms with Crippen LogP contribution in [0.2, 0.25) is 0 Å². The second-order valence-electron chi connectivity index (χ2n) is 8.29. The summed E-state index contributed by atoms with van der Waals surface area (Å²) in [7, 11) is 0. The van der Waals surface area contributed by atoms with Crippen molar-refractivity contribution >= 4 is 0 Å². The van der Waals surface area contributed by atoms with Gasteiger partial charge < -0.3 is 0 Å². The Labute approximate surface area is 127 Å². The monoisotopic (exact) mass is 274 g/mol. The molecule has 1 atom stereocenters. The van der Waals surface area contributed by atoms with E-state index < -0.39 is 0 Å². The van der Waals surface area contributed by atoms with Crippen LogP contribution in [0.1, 0.15) is 73.3 Å². The van der Waals surface area contributed by atoms with Crippen LogP contribution in [-0.4, -0.2) is 0 Å². The lowest BCUT2D eigenvalue weighted by Crippen LogP contribution is -2.33. The highest BCUT2D eigenvalue weighted by Crippen LogP contribution is 2.49. The van der Waals surface area contributed by atoms with Gasteiger partial charge in [0, 0.05) is 0 Å². The SMILES string of the molecule is CC(C)C(C)(C)CC(c1ccccc1)C(C)(C)C(C)C. The predicted octanol–water partition coefficient (Wildman–Crippen LogP) is 6.52. The van der Waals surface area contributed by atoms with Crippen LogP contribution >= 0.6 is 0 Å². The van der Waals surface area contributed by atoms with Gasteiger partial charge in [-0.2, -0.15) is 0 Å². The first-order valence-corrected chi connectivity index (χ1v) is 8.14. The van der Waals surface area contributed by atoms with Crippen molar-refractivity contribution in [2.75, 3.05) is 0 Å². The van der Waals surface area contributed by atoms with Gasteiger partial charge in [-0.05, 0) is 40.6 Å². The first-order chi connectivity index (χ1) is 9.09. The van der Waals surface area contributed by atoms with Crippen LogP contribution in [0, 0.1) is 22.7 Å². The molecule has 1 unspecified atom stereocenters. The van der Waals surface area contributed by atoms with Crippen molar-refractivity contribution in [1.29, 1.82) is 0 Å². The van der Waals surface area contributed by atoms with Gasteiger partial charge in [0.1, 0.15) is 0 Å². The molecule has 0 N–H and O–H groups in total. The van der Waals surface area contributed by atoms with Gasteiger partial charge in [-0.3, -0.25) is 0 Å². The molecule has 0 fully saturated rings. The summed E-state index contributed by atoms with van der Waals surface area (Å²) in [5, 5.41) is 0. The summed E-state index contributed by atoms with van der Waals surface area (Å²) in [6.07, 6.45) is 1.25. The summed E-state index contributed by atoms with van der Waals surface area (Å²) >= 11 is 0. The van der Waals surface area contributed by atoms with E-state index >= 15 is 0 Å². The van der Waals surface area contributed by atoms with E-state index in [4.69, 9.17) is 0 Å². The second kappa shape index (κ2) is 6.33. The third-order valence-corrected chi connectivity index (χ3v) is 5.88. The van der Waals surface area contributed by atoms with Crippen molar-refractivity contribution in [2.24, 2.45) is 22.7 Å². The molecule has 0 aliphatic heterocycles. The Morgan fingerprint density at radius 3 is 1.70 bits per heavy atom. The highest BCUT2D eigenvalue weighted by molar-refractivity contribution is 5.22. The quantitative estimate of drug-likeness (QED) is 0.553. The van der Waals surface area contributed by atoms with Gasteiger partial charge >= 0.3 is 0 Å². The smallest absolute Gasteiger partial charge is 0.0103 e. The van der Waals surface area contributed by atoms with E-state index in [2.05, 4.69) is 85.7 Å². The van der Waals surface area contributed by atoms with Crippen molar-refractivity contribution in [3.63, 3.8) is 0 Å². The van der Waals surface area contributed by atoms with Gasteiger partial charge in [0.15, 0.2) is 0 Å². The fourth-order valence-electron chi connectivity index (χ4n) is 2.66. The van der Waals surface area contributed by atoms with E-state index in [1.807, 2.05) is 0 Å². The van der Waals surface area contributed by atoms with Crippen molar-refractivity contribution in [2.45, 2.75) is 67.7 Å². The third kappa shape index (κ3) is 3.87. The minimum Gasteiger partial charge on any atom is -0.0623 e. The van der Waals surface area contributed by atoms with Crippen LogP contribution in [0.25, 0.3) is 0 Å². The lowest BCUT2D eigenvalue weighted by molar-refractivity contribution is 0.118. The summed E-state index contributed by atoms with van der Waals surface area (Å²) < 4.78 is 0. The van der Waals surface area contributed by atoms with E-state index in [9.17, 15) is 0 Å². The number of hydrogen-bond acceptors (Lipinski definition) is 0. The molecule has 0 saturated carbocycles. The molecule has 0 amide bonds. The van der Waals surface area contributed by atoms with Crippen molar-refractivity contribution < 1.29 is 0 Å². The van der Waals surface area contributed by atoms with Gasteiger partial charge in [-0.25, -0.2) is 0 Å². The molecule has 20 heavy (non-hydrogen) atoms. The maximum atomic E-state index is 2.44. The predicted molar refractivity (Wildman–Crippen MR) is 91.0 cm³/mol. The fraction of sp³-hybridized carbons (Fsp3) is 0.700. The molecule has 1 aromatic rings. The average molecular weight is 274 g/mol. The molecule has 0 nitrogen and oxygen atoms in total. The summed E-state index contributed by atoms with van der Waals surface area (Å²) in [6, 6.07) is 11.1. The van der Waals surface area contributed by atoms with E-state index in [0.717, 1.165) is 0 Å². The summed E-state index contributed by atoms with van der Waals surface area (Å²) in [6.45, 7) is 19.1. The van der Waals surface area contributed by atoms with Crippen LogP contribution in [-0.2, 0) is 0 Å². The van der Waals surface area contributed by atoms with E-state index in [-0.39, 0.29) is 0 Å². The summed E-state index contributed by atoms with van der Waals surface area (Å²) in [5.41, 5.74) is 2.18. The maximum Gasteiger partial charge on any atom is -0.0103 e. The molecule has 1 aromatic carbocycles. The standard InChI is InChI=1S/C20H34/c1-15(2)19(5,6)14-18(20(7,8)16(3)4)17-12-10-9-11-13-17/h9-13,15-16,18H,14H2,1-8H3. The molecule has 114 valence electrons. The molecule has 0 bridgehead atoms. The Balaban J connectivity index is 3.16. The van der Waals surface area contributed by atoms with E-state index in [0.29, 0.717) is 28.6 Å². The molecular weight excluding hydrogens is 240 g/mol. The van der Waals surface area contributed by atoms with Crippen LogP contribution in [0.15, 0.2) is 30.3 Å². The van der Waals surface area contributed by atoms with Gasteiger partial charge in [0.05, 0.1) is 0 Å². The molecule has 0 aromatic heterocycles. The van der Waals surface area contributed by atoms with Gasteiger partial charge in [-0.15, -0.1) is 0 Å². The zero-order valence-electron chi connectivity index (χ0n) is 14.8. The fourth-order valence-corrected chi connectivity index (χ4v) is 2.66. The largest absolute Gasteiger partial charge is 0.0623 e. The van der Waals surface area contributed by atoms with E-state index in [1.54, 1.807) is 0 Å². The second-order valence-corrected chi connectivity index (χ2v) is 8.29. The average Bonchev–Trinajstić information content (AvgIpc) is 2.36. The Hall–Kier alpha value is -0.780. The van der Waals surface area contributed by atoms with Gasteiger partial charge in [-0.1, -0.05) is 85.7 Å². The topological polar surface area (TPSA) is 0 Å². The Kier molecular flexibility index (Phi) is 5.46. The molecular formula is C20H34. The molecule has 0 spiro atoms. The van der Waals surface area contributed by atoms with Crippen molar-refractivity contribution in [3.8, 4) is 0 Å². The van der Waals surface area contributed by atoms with Crippen LogP contribution in [0.4, 0.5) is 0 Å². The molecule has 0 heterocycles. The van der Waals surface area contributed by atoms with Crippen molar-refractivity contribution in [1.82, 2.24) is 0 Å². The minimum atomic E-state index is 0.313. The normalized spacial score (nSPS) is 14.9. The van der Waals surface area contributed by atoms with Crippen LogP contribution < -0.4 is 0 Å². The number of benzene rings is 1. The molecule has 1 rings (SSSR count). The lowest BCUT2D eigenvalue weighted by atomic mass is 9.61. The molecule has 0 saturated heterocycles. The third-order valence-electron chi connectivity index (χ3n) is 5.88. The van der Waals surface area contributed by atoms with Gasteiger partial charge in [0.2, 0.25) is 0 Å². The molecule has 0 aliphatic rings. The van der Waals surface area contributed by atoms with Crippen LogP contribution in [0.3, 0.4) is 0 Å². The summed E-state index contributed by atoms with van der Waals surface area (Å²) in [5.74, 6) is 1.99. The number of rotatable bonds is 6. The van der Waals surface area contributed by atoms with Gasteiger partial charge in [0.25, 0.3) is 0 Å². The minimum absolute atomic E-state index is 0.313. The summed E-state index contributed by atoms with van der Waals surface area (Å²) in [4.78, 5) is 0. The van der Waals surface area contributed by atoms with Crippen molar-refractivity contribution in [3.05, 3.63) is 35.9 Å². The number of hydrogen-bond donors (Lipinski definition) is 0. The Bertz CT molecular complexity index is 395. The highest BCUT2D eigenvalue weighted by atomic mass is 14.4. The Morgan fingerprint density at radius 2 is 1.30 bits per heavy atom. The molecule has 0 aliphatic carbocycles. The van der Waals surface area contributed by atoms with Crippen LogP contribution in [0.5, 0.6) is 0 Å². The lowest BCUT2D eigenvalue weighted by Gasteiger charge is -2.43. The Morgan fingerprint density at radius 1 is 0.800 bits per heavy atom. The first-order valence-electron chi connectivity index (χ1n) is 8.14. The maximum absolute atomic E-state index is 2.44. The zero-order valence-corrected chi connectivity index (χ0v) is 14.8. The highest BCUT2D eigenvalue weighted by Gasteiger charge is 2.38. The zero-order chi connectivity index (χ0) is 15.6. The molecule has 0 radical (unpaired) electrons. The first kappa shape index (κ1) is 17.3. The van der Waals surface area contributed by atoms with E-state index in [1.165, 1.54) is 12.0 Å².